The Kier molecular flexibility index (Phi) is 4.75. The Balaban J connectivity index is 1.82. The lowest BCUT2D eigenvalue weighted by Gasteiger charge is -2.50. The maximum atomic E-state index is 12.9. The Labute approximate surface area is 176 Å². The number of rotatable bonds is 3. The van der Waals surface area contributed by atoms with Gasteiger partial charge in [0.2, 0.25) is 0 Å². The van der Waals surface area contributed by atoms with Gasteiger partial charge in [-0.05, 0) is 68.6 Å². The smallest absolute Gasteiger partial charge is 0.342 e. The molecule has 2 unspecified atom stereocenters. The van der Waals surface area contributed by atoms with E-state index in [9.17, 15) is 28.0 Å². The van der Waals surface area contributed by atoms with Crippen LogP contribution in [0.4, 0.5) is 0 Å². The van der Waals surface area contributed by atoms with Crippen molar-refractivity contribution in [1.82, 2.24) is 0 Å². The number of carbonyl (C=O) groups excluding carboxylic acids is 1. The minimum absolute atomic E-state index is 0.0636. The maximum absolute atomic E-state index is 12.9. The number of ether oxygens (including phenoxy) is 1. The van der Waals surface area contributed by atoms with Gasteiger partial charge >= 0.3 is 5.97 Å². The molecular formula is C22H28O7S. The van der Waals surface area contributed by atoms with Crippen molar-refractivity contribution in [2.45, 2.75) is 81.5 Å². The largest absolute Gasteiger partial charge is 0.452 e. The number of aliphatic hydroxyl groups is 2. The summed E-state index contributed by atoms with van der Waals surface area (Å²) in [5.74, 6) is -0.965. The molecule has 0 radical (unpaired) electrons. The van der Waals surface area contributed by atoms with E-state index in [0.29, 0.717) is 12.0 Å². The standard InChI is InChI=1S/C22H28O7S/c1-13-6-7-16(30(26,27)28)15(11-13)12-22(25)19(23)29-18-17-14(2)5-4-8-20(17,3)9-10-21(18,22)24/h6-7,11,18,24-25H,4-5,8-10,12H2,1-3H3,(H,26,27,28)/t18-,20+,21?,22?/m0/s1. The summed E-state index contributed by atoms with van der Waals surface area (Å²) >= 11 is 0. The fraction of sp³-hybridized carbons (Fsp3) is 0.591. The second-order valence-corrected chi connectivity index (χ2v) is 10.8. The molecule has 3 aliphatic rings. The number of esters is 1. The molecular weight excluding hydrogens is 408 g/mol. The summed E-state index contributed by atoms with van der Waals surface area (Å²) in [6.07, 6.45) is 2.10. The first-order valence-corrected chi connectivity index (χ1v) is 11.7. The van der Waals surface area contributed by atoms with Crippen LogP contribution in [0.15, 0.2) is 34.2 Å². The molecule has 2 aliphatic carbocycles. The van der Waals surface area contributed by atoms with Gasteiger partial charge in [-0.1, -0.05) is 30.2 Å². The predicted molar refractivity (Wildman–Crippen MR) is 108 cm³/mol. The third-order valence-corrected chi connectivity index (χ3v) is 8.32. The molecule has 0 bridgehead atoms. The van der Waals surface area contributed by atoms with Crippen LogP contribution in [0.5, 0.6) is 0 Å². The van der Waals surface area contributed by atoms with Crippen LogP contribution in [0.1, 0.15) is 57.1 Å². The molecule has 1 aliphatic heterocycles. The highest BCUT2D eigenvalue weighted by Gasteiger charge is 2.71. The Morgan fingerprint density at radius 3 is 2.53 bits per heavy atom. The molecule has 7 nitrogen and oxygen atoms in total. The van der Waals surface area contributed by atoms with E-state index in [1.165, 1.54) is 18.2 Å². The average Bonchev–Trinajstić information content (AvgIpc) is 2.81. The van der Waals surface area contributed by atoms with Crippen LogP contribution in [-0.2, 0) is 26.1 Å². The van der Waals surface area contributed by atoms with Crippen LogP contribution in [0.2, 0.25) is 0 Å². The lowest BCUT2D eigenvalue weighted by Crippen LogP contribution is -2.63. The van der Waals surface area contributed by atoms with Crippen LogP contribution in [0.25, 0.3) is 0 Å². The summed E-state index contributed by atoms with van der Waals surface area (Å²) < 4.78 is 38.9. The summed E-state index contributed by atoms with van der Waals surface area (Å²) in [6.45, 7) is 5.81. The van der Waals surface area contributed by atoms with Crippen molar-refractivity contribution in [2.75, 3.05) is 0 Å². The second-order valence-electron chi connectivity index (χ2n) is 9.44. The second kappa shape index (κ2) is 6.63. The van der Waals surface area contributed by atoms with E-state index in [4.69, 9.17) is 4.74 Å². The zero-order chi connectivity index (χ0) is 22.1. The van der Waals surface area contributed by atoms with Gasteiger partial charge in [-0.3, -0.25) is 4.55 Å². The van der Waals surface area contributed by atoms with Gasteiger partial charge in [-0.15, -0.1) is 0 Å². The fourth-order valence-corrected chi connectivity index (χ4v) is 6.43. The molecule has 30 heavy (non-hydrogen) atoms. The zero-order valence-corrected chi connectivity index (χ0v) is 18.3. The minimum Gasteiger partial charge on any atom is -0.452 e. The molecule has 0 amide bonds. The summed E-state index contributed by atoms with van der Waals surface area (Å²) in [5.41, 5.74) is -1.70. The van der Waals surface area contributed by atoms with Crippen molar-refractivity contribution in [3.63, 3.8) is 0 Å². The van der Waals surface area contributed by atoms with Crippen molar-refractivity contribution in [3.8, 4) is 0 Å². The van der Waals surface area contributed by atoms with Crippen molar-refractivity contribution >= 4 is 16.1 Å². The van der Waals surface area contributed by atoms with Gasteiger partial charge in [-0.2, -0.15) is 8.42 Å². The highest BCUT2D eigenvalue weighted by atomic mass is 32.2. The molecule has 1 aromatic rings. The van der Waals surface area contributed by atoms with E-state index >= 15 is 0 Å². The molecule has 4 atom stereocenters. The van der Waals surface area contributed by atoms with E-state index in [1.807, 2.05) is 6.92 Å². The molecule has 3 N–H and O–H groups in total. The first kappa shape index (κ1) is 21.5. The molecule has 1 aromatic carbocycles. The number of fused-ring (bicyclic) bond motifs is 3. The molecule has 1 heterocycles. The topological polar surface area (TPSA) is 121 Å². The Hall–Kier alpha value is -1.74. The predicted octanol–water partition coefficient (Wildman–Crippen LogP) is 2.47. The highest BCUT2D eigenvalue weighted by Crippen LogP contribution is 2.58. The fourth-order valence-electron chi connectivity index (χ4n) is 5.72. The van der Waals surface area contributed by atoms with Crippen molar-refractivity contribution in [2.24, 2.45) is 5.41 Å². The van der Waals surface area contributed by atoms with Gasteiger partial charge in [0.15, 0.2) is 11.7 Å². The third kappa shape index (κ3) is 2.96. The number of carbonyl (C=O) groups is 1. The minimum atomic E-state index is -4.58. The Bertz CT molecular complexity index is 1060. The SMILES string of the molecule is CC1=C2[C@@H]3OC(=O)C(O)(Cc4cc(C)ccc4S(=O)(=O)O)C3(O)CC[C@@]2(C)CCC1. The van der Waals surface area contributed by atoms with Gasteiger partial charge in [0.25, 0.3) is 10.1 Å². The average molecular weight is 437 g/mol. The quantitative estimate of drug-likeness (QED) is 0.378. The highest BCUT2D eigenvalue weighted by molar-refractivity contribution is 7.85. The number of benzene rings is 1. The summed E-state index contributed by atoms with van der Waals surface area (Å²) in [5, 5.41) is 23.1. The van der Waals surface area contributed by atoms with E-state index in [-0.39, 0.29) is 17.4 Å². The molecule has 0 aromatic heterocycles. The molecule has 8 heteroatoms. The van der Waals surface area contributed by atoms with Crippen LogP contribution in [0, 0.1) is 12.3 Å². The maximum Gasteiger partial charge on any atom is 0.342 e. The summed E-state index contributed by atoms with van der Waals surface area (Å²) in [4.78, 5) is 12.5. The van der Waals surface area contributed by atoms with Crippen LogP contribution >= 0.6 is 0 Å². The summed E-state index contributed by atoms with van der Waals surface area (Å²) in [7, 11) is -4.58. The van der Waals surface area contributed by atoms with Crippen LogP contribution in [-0.4, -0.2) is 46.5 Å². The van der Waals surface area contributed by atoms with E-state index < -0.39 is 44.7 Å². The van der Waals surface area contributed by atoms with Crippen LogP contribution in [0.3, 0.4) is 0 Å². The van der Waals surface area contributed by atoms with Crippen LogP contribution < -0.4 is 0 Å². The van der Waals surface area contributed by atoms with E-state index in [1.54, 1.807) is 6.92 Å². The molecule has 2 fully saturated rings. The van der Waals surface area contributed by atoms with E-state index in [0.717, 1.165) is 30.4 Å². The van der Waals surface area contributed by atoms with Gasteiger partial charge in [0.1, 0.15) is 5.60 Å². The van der Waals surface area contributed by atoms with Crippen molar-refractivity contribution in [3.05, 3.63) is 40.5 Å². The Morgan fingerprint density at radius 1 is 1.17 bits per heavy atom. The zero-order valence-electron chi connectivity index (χ0n) is 17.4. The first-order chi connectivity index (χ1) is 13.8. The number of hydrogen-bond acceptors (Lipinski definition) is 6. The number of aryl methyl sites for hydroxylation is 1. The van der Waals surface area contributed by atoms with Crippen molar-refractivity contribution in [1.29, 1.82) is 0 Å². The molecule has 1 saturated heterocycles. The monoisotopic (exact) mass is 436 g/mol. The van der Waals surface area contributed by atoms with Gasteiger partial charge < -0.3 is 14.9 Å². The molecule has 1 saturated carbocycles. The normalized spacial score (nSPS) is 36.3. The van der Waals surface area contributed by atoms with Gasteiger partial charge in [0.05, 0.1) is 4.90 Å². The molecule has 4 rings (SSSR count). The Morgan fingerprint density at radius 2 is 1.87 bits per heavy atom. The van der Waals surface area contributed by atoms with Gasteiger partial charge in [0, 0.05) is 6.42 Å². The van der Waals surface area contributed by atoms with Gasteiger partial charge in [-0.25, -0.2) is 4.79 Å². The lowest BCUT2D eigenvalue weighted by molar-refractivity contribution is -0.167. The first-order valence-electron chi connectivity index (χ1n) is 10.2. The summed E-state index contributed by atoms with van der Waals surface area (Å²) in [6, 6.07) is 4.24. The number of hydrogen-bond donors (Lipinski definition) is 3. The van der Waals surface area contributed by atoms with Crippen molar-refractivity contribution < 1.29 is 32.7 Å². The lowest BCUT2D eigenvalue weighted by atomic mass is 9.56. The molecule has 0 spiro atoms. The molecule has 164 valence electrons. The number of allylic oxidation sites excluding steroid dienone is 1. The van der Waals surface area contributed by atoms with E-state index in [2.05, 4.69) is 6.92 Å². The third-order valence-electron chi connectivity index (χ3n) is 7.36.